The van der Waals surface area contributed by atoms with E-state index >= 15 is 0 Å². The fraction of sp³-hybridized carbons (Fsp3) is 0.188. The number of hydrogen-bond acceptors (Lipinski definition) is 2. The number of carbonyl (C=O) groups excluding carboxylic acids is 1. The Morgan fingerprint density at radius 3 is 2.59 bits per heavy atom. The molecule has 0 heterocycles. The van der Waals surface area contributed by atoms with Gasteiger partial charge >= 0.3 is 6.61 Å². The van der Waals surface area contributed by atoms with Gasteiger partial charge in [0.1, 0.15) is 11.6 Å². The Morgan fingerprint density at radius 1 is 1.18 bits per heavy atom. The van der Waals surface area contributed by atoms with Crippen molar-refractivity contribution >= 4 is 5.91 Å². The highest BCUT2D eigenvalue weighted by atomic mass is 19.3. The molecule has 0 aliphatic heterocycles. The first kappa shape index (κ1) is 15.9. The predicted molar refractivity (Wildman–Crippen MR) is 75.3 cm³/mol. The molecule has 0 saturated carbocycles. The number of alkyl halides is 2. The van der Waals surface area contributed by atoms with Crippen LogP contribution < -0.4 is 4.74 Å². The zero-order chi connectivity index (χ0) is 16.1. The van der Waals surface area contributed by atoms with Gasteiger partial charge in [0.15, 0.2) is 0 Å². The van der Waals surface area contributed by atoms with Gasteiger partial charge in [-0.2, -0.15) is 8.78 Å². The van der Waals surface area contributed by atoms with Gasteiger partial charge in [-0.25, -0.2) is 4.39 Å². The predicted octanol–water partition coefficient (Wildman–Crippen LogP) is 3.70. The number of hydrogen-bond donors (Lipinski definition) is 0. The van der Waals surface area contributed by atoms with Crippen molar-refractivity contribution < 1.29 is 22.7 Å². The SMILES string of the molecule is CN(Cc1cccc(F)c1)C(=O)c1cccc(OC(F)F)c1. The fourth-order valence-corrected chi connectivity index (χ4v) is 2.01. The van der Waals surface area contributed by atoms with E-state index in [1.807, 2.05) is 0 Å². The number of nitrogens with zero attached hydrogens (tertiary/aromatic N) is 1. The quantitative estimate of drug-likeness (QED) is 0.843. The zero-order valence-electron chi connectivity index (χ0n) is 11.8. The highest BCUT2D eigenvalue weighted by Crippen LogP contribution is 2.17. The van der Waals surface area contributed by atoms with Crippen LogP contribution in [0.5, 0.6) is 5.75 Å². The van der Waals surface area contributed by atoms with E-state index < -0.39 is 6.61 Å². The van der Waals surface area contributed by atoms with E-state index in [2.05, 4.69) is 4.74 Å². The third-order valence-corrected chi connectivity index (χ3v) is 2.96. The Labute approximate surface area is 125 Å². The van der Waals surface area contributed by atoms with E-state index in [0.717, 1.165) is 0 Å². The standard InChI is InChI=1S/C16H14F3NO2/c1-20(10-11-4-2-6-13(17)8-11)15(21)12-5-3-7-14(9-12)22-16(18)19/h2-9,16H,10H2,1H3. The molecule has 0 fully saturated rings. The molecule has 2 aromatic carbocycles. The van der Waals surface area contributed by atoms with Crippen LogP contribution in [0.4, 0.5) is 13.2 Å². The third kappa shape index (κ3) is 4.25. The van der Waals surface area contributed by atoms with Crippen LogP contribution in [0.3, 0.4) is 0 Å². The summed E-state index contributed by atoms with van der Waals surface area (Å²) in [4.78, 5) is 13.6. The highest BCUT2D eigenvalue weighted by molar-refractivity contribution is 5.94. The van der Waals surface area contributed by atoms with Crippen LogP contribution in [0.15, 0.2) is 48.5 Å². The van der Waals surface area contributed by atoms with Gasteiger partial charge in [-0.1, -0.05) is 18.2 Å². The molecule has 116 valence electrons. The minimum atomic E-state index is -2.95. The molecule has 22 heavy (non-hydrogen) atoms. The Kier molecular flexibility index (Phi) is 5.04. The molecule has 6 heteroatoms. The van der Waals surface area contributed by atoms with Crippen molar-refractivity contribution in [3.63, 3.8) is 0 Å². The van der Waals surface area contributed by atoms with Gasteiger partial charge in [-0.15, -0.1) is 0 Å². The molecule has 0 unspecified atom stereocenters. The van der Waals surface area contributed by atoms with Crippen LogP contribution >= 0.6 is 0 Å². The Morgan fingerprint density at radius 2 is 1.91 bits per heavy atom. The Balaban J connectivity index is 2.10. The first-order valence-corrected chi connectivity index (χ1v) is 6.50. The van der Waals surface area contributed by atoms with Crippen molar-refractivity contribution in [1.29, 1.82) is 0 Å². The van der Waals surface area contributed by atoms with E-state index in [0.29, 0.717) is 5.56 Å². The molecule has 0 aromatic heterocycles. The number of benzene rings is 2. The topological polar surface area (TPSA) is 29.5 Å². The molecule has 2 aromatic rings. The van der Waals surface area contributed by atoms with Crippen LogP contribution in [-0.4, -0.2) is 24.5 Å². The number of carbonyl (C=O) groups is 1. The summed E-state index contributed by atoms with van der Waals surface area (Å²) in [5.41, 5.74) is 0.855. The average molecular weight is 309 g/mol. The van der Waals surface area contributed by atoms with Crippen LogP contribution in [0.1, 0.15) is 15.9 Å². The van der Waals surface area contributed by atoms with Crippen molar-refractivity contribution in [3.05, 3.63) is 65.5 Å². The molecular formula is C16H14F3NO2. The van der Waals surface area contributed by atoms with Crippen LogP contribution in [0.2, 0.25) is 0 Å². The van der Waals surface area contributed by atoms with E-state index in [9.17, 15) is 18.0 Å². The van der Waals surface area contributed by atoms with Gasteiger partial charge in [0, 0.05) is 19.2 Å². The third-order valence-electron chi connectivity index (χ3n) is 2.96. The van der Waals surface area contributed by atoms with Gasteiger partial charge in [0.2, 0.25) is 0 Å². The summed E-state index contributed by atoms with van der Waals surface area (Å²) in [5, 5.41) is 0. The molecule has 2 rings (SSSR count). The first-order chi connectivity index (χ1) is 10.5. The Bertz CT molecular complexity index is 661. The second-order valence-corrected chi connectivity index (χ2v) is 4.70. The van der Waals surface area contributed by atoms with Crippen molar-refractivity contribution in [2.75, 3.05) is 7.05 Å². The van der Waals surface area contributed by atoms with Gasteiger partial charge in [-0.3, -0.25) is 4.79 Å². The summed E-state index contributed by atoms with van der Waals surface area (Å²) in [5.74, 6) is -0.838. The lowest BCUT2D eigenvalue weighted by atomic mass is 10.1. The average Bonchev–Trinajstić information content (AvgIpc) is 2.46. The zero-order valence-corrected chi connectivity index (χ0v) is 11.8. The summed E-state index contributed by atoms with van der Waals surface area (Å²) in [6.07, 6.45) is 0. The lowest BCUT2D eigenvalue weighted by Crippen LogP contribution is -2.26. The summed E-state index contributed by atoms with van der Waals surface area (Å²) < 4.78 is 41.8. The van der Waals surface area contributed by atoms with Crippen molar-refractivity contribution in [2.24, 2.45) is 0 Å². The molecule has 0 spiro atoms. The van der Waals surface area contributed by atoms with Crippen molar-refractivity contribution in [3.8, 4) is 5.75 Å². The normalized spacial score (nSPS) is 10.6. The fourth-order valence-electron chi connectivity index (χ4n) is 2.01. The first-order valence-electron chi connectivity index (χ1n) is 6.50. The maximum Gasteiger partial charge on any atom is 0.387 e. The summed E-state index contributed by atoms with van der Waals surface area (Å²) in [6.45, 7) is -2.74. The number of halogens is 3. The van der Waals surface area contributed by atoms with Gasteiger partial charge < -0.3 is 9.64 Å². The van der Waals surface area contributed by atoms with Gasteiger partial charge in [0.25, 0.3) is 5.91 Å². The number of ether oxygens (including phenoxy) is 1. The molecule has 1 amide bonds. The van der Waals surface area contributed by atoms with E-state index in [1.165, 1.54) is 41.3 Å². The molecule has 0 N–H and O–H groups in total. The van der Waals surface area contributed by atoms with Crippen LogP contribution in [0.25, 0.3) is 0 Å². The van der Waals surface area contributed by atoms with Gasteiger partial charge in [0.05, 0.1) is 0 Å². The highest BCUT2D eigenvalue weighted by Gasteiger charge is 2.14. The summed E-state index contributed by atoms with van der Waals surface area (Å²) in [7, 11) is 1.55. The molecule has 0 bridgehead atoms. The molecule has 0 atom stereocenters. The minimum absolute atomic E-state index is 0.0833. The molecule has 0 saturated heterocycles. The maximum absolute atomic E-state index is 13.1. The van der Waals surface area contributed by atoms with Crippen LogP contribution in [-0.2, 0) is 6.54 Å². The van der Waals surface area contributed by atoms with Crippen molar-refractivity contribution in [2.45, 2.75) is 13.2 Å². The monoisotopic (exact) mass is 309 g/mol. The number of amides is 1. The smallest absolute Gasteiger partial charge is 0.387 e. The van der Waals surface area contributed by atoms with Crippen molar-refractivity contribution in [1.82, 2.24) is 4.90 Å². The second kappa shape index (κ2) is 6.98. The lowest BCUT2D eigenvalue weighted by molar-refractivity contribution is -0.0499. The molecule has 0 aliphatic rings. The van der Waals surface area contributed by atoms with E-state index in [-0.39, 0.29) is 29.6 Å². The molecular weight excluding hydrogens is 295 g/mol. The second-order valence-electron chi connectivity index (χ2n) is 4.70. The molecule has 0 aliphatic carbocycles. The molecule has 3 nitrogen and oxygen atoms in total. The van der Waals surface area contributed by atoms with E-state index in [1.54, 1.807) is 19.2 Å². The minimum Gasteiger partial charge on any atom is -0.435 e. The van der Waals surface area contributed by atoms with Gasteiger partial charge in [-0.05, 0) is 35.9 Å². The number of rotatable bonds is 5. The summed E-state index contributed by atoms with van der Waals surface area (Å²) >= 11 is 0. The Hall–Kier alpha value is -2.50. The largest absolute Gasteiger partial charge is 0.435 e. The maximum atomic E-state index is 13.1. The van der Waals surface area contributed by atoms with E-state index in [4.69, 9.17) is 0 Å². The summed E-state index contributed by atoms with van der Waals surface area (Å²) in [6, 6.07) is 11.5. The lowest BCUT2D eigenvalue weighted by Gasteiger charge is -2.18. The van der Waals surface area contributed by atoms with Crippen LogP contribution in [0, 0.1) is 5.82 Å². The molecule has 0 radical (unpaired) electrons.